The van der Waals surface area contributed by atoms with E-state index < -0.39 is 9.84 Å². The van der Waals surface area contributed by atoms with Crippen molar-refractivity contribution in [2.45, 2.75) is 68.8 Å². The third-order valence-electron chi connectivity index (χ3n) is 5.99. The fraction of sp³-hybridized carbons (Fsp3) is 1.00. The van der Waals surface area contributed by atoms with E-state index in [0.717, 1.165) is 38.1 Å². The Bertz CT molecular complexity index is 469. The van der Waals surface area contributed by atoms with Crippen LogP contribution in [0.1, 0.15) is 51.4 Å². The summed E-state index contributed by atoms with van der Waals surface area (Å²) < 4.78 is 23.4. The molecule has 1 aliphatic carbocycles. The Morgan fingerprint density at radius 1 is 1.09 bits per heavy atom. The van der Waals surface area contributed by atoms with Gasteiger partial charge in [0.25, 0.3) is 0 Å². The minimum Gasteiger partial charge on any atom is -0.302 e. The van der Waals surface area contributed by atoms with Gasteiger partial charge in [-0.15, -0.1) is 0 Å². The van der Waals surface area contributed by atoms with Gasteiger partial charge in [-0.05, 0) is 74.7 Å². The van der Waals surface area contributed by atoms with Crippen LogP contribution in [0.25, 0.3) is 0 Å². The van der Waals surface area contributed by atoms with E-state index in [-0.39, 0.29) is 5.25 Å². The van der Waals surface area contributed by atoms with E-state index in [2.05, 4.69) is 22.4 Å². The van der Waals surface area contributed by atoms with E-state index in [9.17, 15) is 8.42 Å². The van der Waals surface area contributed by atoms with E-state index in [1.807, 2.05) is 0 Å². The van der Waals surface area contributed by atoms with Crippen molar-refractivity contribution in [1.29, 1.82) is 0 Å². The topological polar surface area (TPSA) is 58.2 Å². The fourth-order valence-corrected chi connectivity index (χ4v) is 6.89. The number of rotatable bonds is 5. The molecule has 0 aromatic rings. The van der Waals surface area contributed by atoms with Gasteiger partial charge in [0.1, 0.15) is 9.84 Å². The third kappa shape index (κ3) is 5.10. The Balaban J connectivity index is 1.43. The molecular formula is C17H32N2O2S2. The molecule has 0 aromatic heterocycles. The van der Waals surface area contributed by atoms with Gasteiger partial charge in [-0.25, -0.2) is 8.42 Å². The van der Waals surface area contributed by atoms with Crippen LogP contribution in [0, 0.1) is 11.8 Å². The Labute approximate surface area is 145 Å². The van der Waals surface area contributed by atoms with Crippen molar-refractivity contribution in [3.63, 3.8) is 0 Å². The Morgan fingerprint density at radius 2 is 1.87 bits per heavy atom. The number of hydrogen-bond acceptors (Lipinski definition) is 5. The van der Waals surface area contributed by atoms with E-state index in [1.165, 1.54) is 43.4 Å². The molecule has 0 bridgehead atoms. The molecule has 6 heteroatoms. The summed E-state index contributed by atoms with van der Waals surface area (Å²) in [5.41, 5.74) is 0. The molecule has 3 atom stereocenters. The van der Waals surface area contributed by atoms with Crippen molar-refractivity contribution in [2.24, 2.45) is 11.8 Å². The molecule has 3 aliphatic rings. The molecule has 134 valence electrons. The minimum absolute atomic E-state index is 0.0869. The summed E-state index contributed by atoms with van der Waals surface area (Å²) in [4.78, 5) is 0. The van der Waals surface area contributed by atoms with Crippen LogP contribution in [-0.2, 0) is 9.84 Å². The summed E-state index contributed by atoms with van der Waals surface area (Å²) in [7, 11) is -2.84. The zero-order valence-electron chi connectivity index (χ0n) is 14.3. The van der Waals surface area contributed by atoms with Gasteiger partial charge >= 0.3 is 0 Å². The van der Waals surface area contributed by atoms with Gasteiger partial charge in [0.15, 0.2) is 0 Å². The van der Waals surface area contributed by atoms with Crippen LogP contribution in [0.4, 0.5) is 0 Å². The maximum absolute atomic E-state index is 11.7. The first-order chi connectivity index (χ1) is 11.0. The van der Waals surface area contributed by atoms with Gasteiger partial charge in [-0.2, -0.15) is 11.8 Å². The lowest BCUT2D eigenvalue weighted by Gasteiger charge is -2.39. The molecule has 3 fully saturated rings. The molecule has 0 radical (unpaired) electrons. The number of nitrogens with one attached hydrogen (secondary N) is 2. The lowest BCUT2D eigenvalue weighted by atomic mass is 9.80. The minimum atomic E-state index is -2.84. The summed E-state index contributed by atoms with van der Waals surface area (Å²) in [6.45, 7) is 1.15. The summed E-state index contributed by atoms with van der Waals surface area (Å²) in [5, 5.41) is 7.49. The van der Waals surface area contributed by atoms with Crippen LogP contribution in [0.2, 0.25) is 0 Å². The first kappa shape index (κ1) is 18.0. The molecule has 23 heavy (non-hydrogen) atoms. The molecule has 0 amide bonds. The highest BCUT2D eigenvalue weighted by atomic mass is 32.2. The Kier molecular flexibility index (Phi) is 6.32. The predicted octanol–water partition coefficient (Wildman–Crippen LogP) is 2.40. The monoisotopic (exact) mass is 360 g/mol. The maximum atomic E-state index is 11.7. The van der Waals surface area contributed by atoms with E-state index >= 15 is 0 Å². The molecule has 4 nitrogen and oxygen atoms in total. The summed E-state index contributed by atoms with van der Waals surface area (Å²) in [6.07, 6.45) is 10.9. The fourth-order valence-electron chi connectivity index (χ4n) is 4.47. The Morgan fingerprint density at radius 3 is 2.52 bits per heavy atom. The van der Waals surface area contributed by atoms with Crippen LogP contribution in [0.15, 0.2) is 0 Å². The molecule has 3 rings (SSSR count). The third-order valence-corrected chi connectivity index (χ3v) is 8.91. The zero-order chi connectivity index (χ0) is 16.3. The van der Waals surface area contributed by atoms with Crippen LogP contribution in [0.3, 0.4) is 0 Å². The van der Waals surface area contributed by atoms with E-state index in [1.54, 1.807) is 0 Å². The van der Waals surface area contributed by atoms with E-state index in [0.29, 0.717) is 18.1 Å². The molecular weight excluding hydrogens is 328 g/mol. The lowest BCUT2D eigenvalue weighted by molar-refractivity contribution is 0.187. The second-order valence-corrected chi connectivity index (χ2v) is 11.2. The van der Waals surface area contributed by atoms with Gasteiger partial charge in [0.05, 0.1) is 11.4 Å². The maximum Gasteiger partial charge on any atom is 0.150 e. The van der Waals surface area contributed by atoms with Crippen molar-refractivity contribution in [3.8, 4) is 0 Å². The van der Waals surface area contributed by atoms with Gasteiger partial charge in [0.2, 0.25) is 0 Å². The molecule has 0 spiro atoms. The largest absolute Gasteiger partial charge is 0.302 e. The highest BCUT2D eigenvalue weighted by Gasteiger charge is 2.34. The number of thioether (sulfide) groups is 1. The van der Waals surface area contributed by atoms with Crippen LogP contribution >= 0.6 is 11.8 Å². The van der Waals surface area contributed by atoms with Crippen molar-refractivity contribution >= 4 is 21.6 Å². The average Bonchev–Trinajstić information content (AvgIpc) is 3.06. The predicted molar refractivity (Wildman–Crippen MR) is 98.6 cm³/mol. The average molecular weight is 361 g/mol. The lowest BCUT2D eigenvalue weighted by Crippen LogP contribution is -2.54. The standard InChI is InChI=1S/C17H32N2O2S2/c1-23(20,21)15-7-5-14(6-8-15)16-3-2-4-17(19-16)18-11-13-9-10-22-12-13/h13-19H,2-12H2,1H3. The smallest absolute Gasteiger partial charge is 0.150 e. The SMILES string of the molecule is CS(=O)(=O)C1CCC(C2CCCC(NCC3CCSC3)N2)CC1. The zero-order valence-corrected chi connectivity index (χ0v) is 15.9. The molecule has 3 unspecified atom stereocenters. The van der Waals surface area contributed by atoms with Gasteiger partial charge in [-0.3, -0.25) is 5.32 Å². The molecule has 0 aromatic carbocycles. The highest BCUT2D eigenvalue weighted by molar-refractivity contribution is 7.99. The first-order valence-electron chi connectivity index (χ1n) is 9.28. The van der Waals surface area contributed by atoms with Crippen molar-refractivity contribution < 1.29 is 8.42 Å². The first-order valence-corrected chi connectivity index (χ1v) is 12.4. The van der Waals surface area contributed by atoms with E-state index in [4.69, 9.17) is 0 Å². The molecule has 1 saturated carbocycles. The van der Waals surface area contributed by atoms with Crippen LogP contribution in [0.5, 0.6) is 0 Å². The second-order valence-electron chi connectivity index (χ2n) is 7.76. The van der Waals surface area contributed by atoms with Gasteiger partial charge in [-0.1, -0.05) is 0 Å². The second kappa shape index (κ2) is 8.07. The quantitative estimate of drug-likeness (QED) is 0.788. The van der Waals surface area contributed by atoms with Crippen molar-refractivity contribution in [1.82, 2.24) is 10.6 Å². The molecule has 2 N–H and O–H groups in total. The van der Waals surface area contributed by atoms with Crippen molar-refractivity contribution in [3.05, 3.63) is 0 Å². The molecule has 2 saturated heterocycles. The molecule has 2 aliphatic heterocycles. The van der Waals surface area contributed by atoms with Crippen LogP contribution in [-0.4, -0.2) is 50.2 Å². The molecule has 2 heterocycles. The number of hydrogen-bond donors (Lipinski definition) is 2. The summed E-state index contributed by atoms with van der Waals surface area (Å²) >= 11 is 2.08. The normalized spacial score (nSPS) is 39.4. The summed E-state index contributed by atoms with van der Waals surface area (Å²) in [6, 6.07) is 0.583. The van der Waals surface area contributed by atoms with Crippen molar-refractivity contribution in [2.75, 3.05) is 24.3 Å². The summed E-state index contributed by atoms with van der Waals surface area (Å²) in [5.74, 6) is 4.17. The highest BCUT2D eigenvalue weighted by Crippen LogP contribution is 2.33. The van der Waals surface area contributed by atoms with Gasteiger partial charge in [0, 0.05) is 18.8 Å². The Hall–Kier alpha value is 0.220. The number of sulfone groups is 1. The van der Waals surface area contributed by atoms with Gasteiger partial charge < -0.3 is 5.32 Å². The van der Waals surface area contributed by atoms with Crippen LogP contribution < -0.4 is 10.6 Å². The number of piperidine rings is 1.